The third-order valence-electron chi connectivity index (χ3n) is 2.22. The Hall–Kier alpha value is -1.73. The van der Waals surface area contributed by atoms with Gasteiger partial charge in [0.05, 0.1) is 5.02 Å². The normalized spacial score (nSPS) is 10.3. The van der Waals surface area contributed by atoms with Gasteiger partial charge in [-0.25, -0.2) is 0 Å². The molecule has 18 heavy (non-hydrogen) atoms. The molecule has 0 saturated carbocycles. The van der Waals surface area contributed by atoms with Crippen LogP contribution in [-0.4, -0.2) is 16.1 Å². The van der Waals surface area contributed by atoms with E-state index in [1.807, 2.05) is 0 Å². The number of anilines is 3. The highest BCUT2D eigenvalue weighted by atomic mass is 79.9. The molecule has 0 bridgehead atoms. The molecule has 8 heteroatoms. The molecule has 2 rings (SSSR count). The highest BCUT2D eigenvalue weighted by molar-refractivity contribution is 9.10. The van der Waals surface area contributed by atoms with Gasteiger partial charge in [-0.05, 0) is 34.1 Å². The van der Waals surface area contributed by atoms with Crippen LogP contribution in [0, 0.1) is 0 Å². The predicted molar refractivity (Wildman–Crippen MR) is 74.0 cm³/mol. The van der Waals surface area contributed by atoms with Crippen LogP contribution < -0.4 is 16.8 Å². The van der Waals surface area contributed by atoms with Gasteiger partial charge in [-0.2, -0.15) is 5.10 Å². The fourth-order valence-electron chi connectivity index (χ4n) is 1.41. The number of rotatable bonds is 3. The Labute approximate surface area is 116 Å². The SMILES string of the molecule is NC(=O)c1c(Nc2ccc(Br)c(Cl)c2)n[nH]c1N. The lowest BCUT2D eigenvalue weighted by molar-refractivity contribution is 0.100. The van der Waals surface area contributed by atoms with E-state index in [4.69, 9.17) is 23.1 Å². The van der Waals surface area contributed by atoms with Crippen molar-refractivity contribution >= 4 is 50.8 Å². The summed E-state index contributed by atoms with van der Waals surface area (Å²) in [7, 11) is 0. The second kappa shape index (κ2) is 4.87. The van der Waals surface area contributed by atoms with Crippen molar-refractivity contribution in [3.8, 4) is 0 Å². The van der Waals surface area contributed by atoms with Gasteiger partial charge in [0, 0.05) is 10.2 Å². The topological polar surface area (TPSA) is 110 Å². The molecule has 1 aromatic heterocycles. The number of aromatic nitrogens is 2. The number of hydrogen-bond donors (Lipinski definition) is 4. The van der Waals surface area contributed by atoms with Gasteiger partial charge in [-0.3, -0.25) is 9.89 Å². The Morgan fingerprint density at radius 1 is 1.50 bits per heavy atom. The second-order valence-corrected chi connectivity index (χ2v) is 4.74. The second-order valence-electron chi connectivity index (χ2n) is 3.48. The molecule has 1 aromatic carbocycles. The van der Waals surface area contributed by atoms with Crippen LogP contribution >= 0.6 is 27.5 Å². The number of benzene rings is 1. The molecule has 0 radical (unpaired) electrons. The summed E-state index contributed by atoms with van der Waals surface area (Å²) in [4.78, 5) is 11.2. The highest BCUT2D eigenvalue weighted by Gasteiger charge is 2.16. The largest absolute Gasteiger partial charge is 0.383 e. The smallest absolute Gasteiger partial charge is 0.256 e. The number of nitrogens with two attached hydrogens (primary N) is 2. The van der Waals surface area contributed by atoms with Gasteiger partial charge in [0.1, 0.15) is 11.4 Å². The summed E-state index contributed by atoms with van der Waals surface area (Å²) in [5.74, 6) is -0.279. The summed E-state index contributed by atoms with van der Waals surface area (Å²) in [6.07, 6.45) is 0. The summed E-state index contributed by atoms with van der Waals surface area (Å²) in [6, 6.07) is 5.22. The highest BCUT2D eigenvalue weighted by Crippen LogP contribution is 2.28. The van der Waals surface area contributed by atoms with Crippen LogP contribution in [0.1, 0.15) is 10.4 Å². The Morgan fingerprint density at radius 3 is 2.83 bits per heavy atom. The van der Waals surface area contributed by atoms with E-state index in [-0.39, 0.29) is 17.2 Å². The van der Waals surface area contributed by atoms with Gasteiger partial charge < -0.3 is 16.8 Å². The summed E-state index contributed by atoms with van der Waals surface area (Å²) < 4.78 is 0.770. The van der Waals surface area contributed by atoms with Crippen molar-refractivity contribution in [2.45, 2.75) is 0 Å². The van der Waals surface area contributed by atoms with Crippen molar-refractivity contribution in [2.75, 3.05) is 11.1 Å². The monoisotopic (exact) mass is 329 g/mol. The fraction of sp³-hybridized carbons (Fsp3) is 0. The number of halogens is 2. The third kappa shape index (κ3) is 2.41. The maximum Gasteiger partial charge on any atom is 0.256 e. The lowest BCUT2D eigenvalue weighted by Gasteiger charge is -2.06. The first kappa shape index (κ1) is 12.7. The van der Waals surface area contributed by atoms with Crippen molar-refractivity contribution in [2.24, 2.45) is 5.73 Å². The lowest BCUT2D eigenvalue weighted by atomic mass is 10.2. The van der Waals surface area contributed by atoms with E-state index in [9.17, 15) is 4.79 Å². The zero-order valence-electron chi connectivity index (χ0n) is 9.00. The van der Waals surface area contributed by atoms with Gasteiger partial charge in [-0.15, -0.1) is 0 Å². The van der Waals surface area contributed by atoms with E-state index in [1.165, 1.54) is 0 Å². The maximum absolute atomic E-state index is 11.2. The van der Waals surface area contributed by atoms with Gasteiger partial charge in [0.15, 0.2) is 5.82 Å². The molecule has 94 valence electrons. The molecular weight excluding hydrogens is 322 g/mol. The van der Waals surface area contributed by atoms with E-state index in [0.717, 1.165) is 4.47 Å². The maximum atomic E-state index is 11.2. The van der Waals surface area contributed by atoms with Crippen LogP contribution in [0.2, 0.25) is 5.02 Å². The molecule has 0 spiro atoms. The van der Waals surface area contributed by atoms with Crippen molar-refractivity contribution < 1.29 is 4.79 Å². The molecule has 1 amide bonds. The van der Waals surface area contributed by atoms with E-state index in [0.29, 0.717) is 10.7 Å². The van der Waals surface area contributed by atoms with Crippen molar-refractivity contribution in [1.82, 2.24) is 10.2 Å². The predicted octanol–water partition coefficient (Wildman–Crippen LogP) is 2.25. The number of nitrogens with zero attached hydrogens (tertiary/aromatic N) is 1. The first-order chi connectivity index (χ1) is 8.49. The van der Waals surface area contributed by atoms with Gasteiger partial charge in [0.2, 0.25) is 0 Å². The number of nitrogens with one attached hydrogen (secondary N) is 2. The Bertz CT molecular complexity index is 612. The van der Waals surface area contributed by atoms with Gasteiger partial charge in [-0.1, -0.05) is 11.6 Å². The number of H-pyrrole nitrogens is 1. The van der Waals surface area contributed by atoms with E-state index in [1.54, 1.807) is 18.2 Å². The molecule has 0 saturated heterocycles. The molecule has 6 N–H and O–H groups in total. The van der Waals surface area contributed by atoms with Crippen LogP contribution in [-0.2, 0) is 0 Å². The number of primary amides is 1. The number of hydrogen-bond acceptors (Lipinski definition) is 4. The average molecular weight is 331 g/mol. The zero-order chi connectivity index (χ0) is 13.3. The van der Waals surface area contributed by atoms with Crippen LogP contribution in [0.4, 0.5) is 17.3 Å². The number of amides is 1. The molecule has 0 unspecified atom stereocenters. The summed E-state index contributed by atoms with van der Waals surface area (Å²) in [6.45, 7) is 0. The molecule has 0 aliphatic carbocycles. The van der Waals surface area contributed by atoms with Crippen LogP contribution in [0.25, 0.3) is 0 Å². The van der Waals surface area contributed by atoms with Crippen molar-refractivity contribution in [1.29, 1.82) is 0 Å². The van der Waals surface area contributed by atoms with E-state index >= 15 is 0 Å². The van der Waals surface area contributed by atoms with E-state index in [2.05, 4.69) is 31.4 Å². The fourth-order valence-corrected chi connectivity index (χ4v) is 1.83. The Kier molecular flexibility index (Phi) is 3.44. The van der Waals surface area contributed by atoms with Gasteiger partial charge >= 0.3 is 0 Å². The number of carbonyl (C=O) groups excluding carboxylic acids is 1. The minimum absolute atomic E-state index is 0.119. The van der Waals surface area contributed by atoms with Gasteiger partial charge in [0.25, 0.3) is 5.91 Å². The number of aromatic amines is 1. The summed E-state index contributed by atoms with van der Waals surface area (Å²) >= 11 is 9.24. The Morgan fingerprint density at radius 2 is 2.22 bits per heavy atom. The molecular formula is C10H9BrClN5O. The minimum atomic E-state index is -0.660. The zero-order valence-corrected chi connectivity index (χ0v) is 11.3. The molecule has 1 heterocycles. The summed E-state index contributed by atoms with van der Waals surface area (Å²) in [5.41, 5.74) is 11.6. The number of nitrogen functional groups attached to an aromatic ring is 1. The molecule has 0 aliphatic rings. The quantitative estimate of drug-likeness (QED) is 0.692. The molecule has 0 aliphatic heterocycles. The minimum Gasteiger partial charge on any atom is -0.383 e. The first-order valence-corrected chi connectivity index (χ1v) is 6.02. The molecule has 6 nitrogen and oxygen atoms in total. The van der Waals surface area contributed by atoms with E-state index < -0.39 is 5.91 Å². The Balaban J connectivity index is 2.34. The van der Waals surface area contributed by atoms with Crippen LogP contribution in [0.3, 0.4) is 0 Å². The number of carbonyl (C=O) groups is 1. The molecule has 0 fully saturated rings. The third-order valence-corrected chi connectivity index (χ3v) is 3.46. The van der Waals surface area contributed by atoms with Crippen LogP contribution in [0.15, 0.2) is 22.7 Å². The van der Waals surface area contributed by atoms with Crippen molar-refractivity contribution in [3.05, 3.63) is 33.3 Å². The summed E-state index contributed by atoms with van der Waals surface area (Å²) in [5, 5.41) is 9.80. The van der Waals surface area contributed by atoms with Crippen molar-refractivity contribution in [3.63, 3.8) is 0 Å². The van der Waals surface area contributed by atoms with Crippen LogP contribution in [0.5, 0.6) is 0 Å². The molecule has 0 atom stereocenters. The average Bonchev–Trinajstić information content (AvgIpc) is 2.65. The lowest BCUT2D eigenvalue weighted by Crippen LogP contribution is -2.14. The molecule has 2 aromatic rings. The standard InChI is InChI=1S/C10H9BrClN5O/c11-5-2-1-4(3-6(5)12)15-10-7(9(14)18)8(13)16-17-10/h1-3H,(H2,14,18)(H4,13,15,16,17). The first-order valence-electron chi connectivity index (χ1n) is 4.84.